The molecule has 1 unspecified atom stereocenters. The van der Waals surface area contributed by atoms with E-state index in [0.29, 0.717) is 11.9 Å². The summed E-state index contributed by atoms with van der Waals surface area (Å²) in [4.78, 5) is 14.2. The van der Waals surface area contributed by atoms with E-state index in [2.05, 4.69) is 24.5 Å². The van der Waals surface area contributed by atoms with Crippen LogP contribution in [0.3, 0.4) is 0 Å². The van der Waals surface area contributed by atoms with Gasteiger partial charge in [0.15, 0.2) is 0 Å². The summed E-state index contributed by atoms with van der Waals surface area (Å²) in [6.07, 6.45) is 3.12. The highest BCUT2D eigenvalue weighted by atomic mass is 32.2. The van der Waals surface area contributed by atoms with E-state index in [4.69, 9.17) is 0 Å². The molecule has 1 atom stereocenters. The number of hydrogen-bond acceptors (Lipinski definition) is 3. The average Bonchev–Trinajstić information content (AvgIpc) is 2.99. The Kier molecular flexibility index (Phi) is 3.56. The molecule has 0 spiro atoms. The van der Waals surface area contributed by atoms with Gasteiger partial charge in [-0.3, -0.25) is 4.79 Å². The zero-order valence-corrected chi connectivity index (χ0v) is 10.9. The van der Waals surface area contributed by atoms with Crippen LogP contribution in [0.5, 0.6) is 0 Å². The highest BCUT2D eigenvalue weighted by Crippen LogP contribution is 2.50. The molecule has 0 bridgehead atoms. The summed E-state index contributed by atoms with van der Waals surface area (Å²) in [5, 5.41) is 0. The van der Waals surface area contributed by atoms with Gasteiger partial charge in [0.05, 0.1) is 0 Å². The van der Waals surface area contributed by atoms with Crippen molar-refractivity contribution >= 4 is 30.3 Å². The van der Waals surface area contributed by atoms with Crippen molar-refractivity contribution in [3.63, 3.8) is 0 Å². The number of thiol groups is 1. The van der Waals surface area contributed by atoms with Crippen molar-refractivity contribution in [1.82, 2.24) is 4.90 Å². The van der Waals surface area contributed by atoms with E-state index in [9.17, 15) is 4.79 Å². The van der Waals surface area contributed by atoms with Crippen molar-refractivity contribution in [2.45, 2.75) is 32.2 Å². The standard InChI is InChI=1S/C11H19NOS2/c1-9-7-15-5-4-12(9)10(13)6-11(8-14)2-3-11/h9,14H,2-8H2,1H3. The molecule has 2 rings (SSSR count). The molecule has 1 heterocycles. The number of carbonyl (C=O) groups excluding carboxylic acids is 1. The lowest BCUT2D eigenvalue weighted by Crippen LogP contribution is -2.45. The number of nitrogens with zero attached hydrogens (tertiary/aromatic N) is 1. The van der Waals surface area contributed by atoms with Gasteiger partial charge in [-0.25, -0.2) is 0 Å². The van der Waals surface area contributed by atoms with Crippen LogP contribution in [-0.4, -0.2) is 40.7 Å². The Labute approximate surface area is 102 Å². The van der Waals surface area contributed by atoms with Crippen molar-refractivity contribution in [2.75, 3.05) is 23.8 Å². The first-order valence-corrected chi connectivity index (χ1v) is 7.44. The third-order valence-electron chi connectivity index (χ3n) is 3.51. The van der Waals surface area contributed by atoms with Crippen molar-refractivity contribution in [2.24, 2.45) is 5.41 Å². The normalized spacial score (nSPS) is 28.9. The van der Waals surface area contributed by atoms with Gasteiger partial charge in [0.1, 0.15) is 0 Å². The first kappa shape index (κ1) is 11.6. The third kappa shape index (κ3) is 2.64. The van der Waals surface area contributed by atoms with E-state index in [1.165, 1.54) is 12.8 Å². The zero-order chi connectivity index (χ0) is 10.9. The molecular formula is C11H19NOS2. The second-order valence-electron chi connectivity index (χ2n) is 4.85. The summed E-state index contributed by atoms with van der Waals surface area (Å²) in [6.45, 7) is 3.09. The topological polar surface area (TPSA) is 20.3 Å². The molecule has 1 saturated heterocycles. The van der Waals surface area contributed by atoms with E-state index in [1.807, 2.05) is 11.8 Å². The zero-order valence-electron chi connectivity index (χ0n) is 9.24. The Morgan fingerprint density at radius 1 is 1.60 bits per heavy atom. The van der Waals surface area contributed by atoms with Crippen LogP contribution < -0.4 is 0 Å². The first-order valence-electron chi connectivity index (χ1n) is 5.65. The highest BCUT2D eigenvalue weighted by Gasteiger charge is 2.44. The SMILES string of the molecule is CC1CSCCN1C(=O)CC1(CS)CC1. The molecule has 0 aromatic rings. The summed E-state index contributed by atoms with van der Waals surface area (Å²) in [5.74, 6) is 3.42. The predicted molar refractivity (Wildman–Crippen MR) is 68.6 cm³/mol. The van der Waals surface area contributed by atoms with Crippen LogP contribution in [0.4, 0.5) is 0 Å². The predicted octanol–water partition coefficient (Wildman–Crippen LogP) is 2.05. The number of amides is 1. The van der Waals surface area contributed by atoms with Gasteiger partial charge in [0.25, 0.3) is 0 Å². The lowest BCUT2D eigenvalue weighted by atomic mass is 10.0. The van der Waals surface area contributed by atoms with Crippen LogP contribution in [0.25, 0.3) is 0 Å². The molecule has 1 saturated carbocycles. The molecule has 1 amide bonds. The van der Waals surface area contributed by atoms with Gasteiger partial charge in [0.2, 0.25) is 5.91 Å². The van der Waals surface area contributed by atoms with Crippen molar-refractivity contribution < 1.29 is 4.79 Å². The van der Waals surface area contributed by atoms with Gasteiger partial charge < -0.3 is 4.90 Å². The molecule has 2 aliphatic rings. The summed E-state index contributed by atoms with van der Waals surface area (Å²) in [7, 11) is 0. The molecular weight excluding hydrogens is 226 g/mol. The van der Waals surface area contributed by atoms with Crippen molar-refractivity contribution in [3.05, 3.63) is 0 Å². The summed E-state index contributed by atoms with van der Waals surface area (Å²) >= 11 is 6.30. The molecule has 0 N–H and O–H groups in total. The monoisotopic (exact) mass is 245 g/mol. The van der Waals surface area contributed by atoms with Crippen LogP contribution in [0.1, 0.15) is 26.2 Å². The number of thioether (sulfide) groups is 1. The molecule has 2 fully saturated rings. The number of rotatable bonds is 3. The maximum Gasteiger partial charge on any atom is 0.223 e. The Balaban J connectivity index is 1.89. The van der Waals surface area contributed by atoms with Crippen molar-refractivity contribution in [1.29, 1.82) is 0 Å². The Hall–Kier alpha value is 0.170. The fraction of sp³-hybridized carbons (Fsp3) is 0.909. The largest absolute Gasteiger partial charge is 0.338 e. The minimum absolute atomic E-state index is 0.268. The molecule has 0 aromatic heterocycles. The minimum atomic E-state index is 0.268. The van der Waals surface area contributed by atoms with Crippen molar-refractivity contribution in [3.8, 4) is 0 Å². The Morgan fingerprint density at radius 2 is 2.33 bits per heavy atom. The molecule has 15 heavy (non-hydrogen) atoms. The van der Waals surface area contributed by atoms with E-state index in [-0.39, 0.29) is 5.41 Å². The highest BCUT2D eigenvalue weighted by molar-refractivity contribution is 7.99. The average molecular weight is 245 g/mol. The maximum atomic E-state index is 12.1. The van der Waals surface area contributed by atoms with Crippen LogP contribution in [0, 0.1) is 5.41 Å². The second-order valence-corrected chi connectivity index (χ2v) is 6.31. The first-order chi connectivity index (χ1) is 7.17. The van der Waals surface area contributed by atoms with E-state index in [1.54, 1.807) is 0 Å². The fourth-order valence-electron chi connectivity index (χ4n) is 2.09. The fourth-order valence-corrected chi connectivity index (χ4v) is 3.53. The van der Waals surface area contributed by atoms with Crippen LogP contribution in [0.15, 0.2) is 0 Å². The number of carbonyl (C=O) groups is 1. The van der Waals surface area contributed by atoms with Gasteiger partial charge in [-0.2, -0.15) is 24.4 Å². The second kappa shape index (κ2) is 4.58. The summed E-state index contributed by atoms with van der Waals surface area (Å²) in [6, 6.07) is 0.423. The van der Waals surface area contributed by atoms with E-state index < -0.39 is 0 Å². The molecule has 0 aromatic carbocycles. The Morgan fingerprint density at radius 3 is 2.87 bits per heavy atom. The molecule has 2 nitrogen and oxygen atoms in total. The lowest BCUT2D eigenvalue weighted by Gasteiger charge is -2.34. The lowest BCUT2D eigenvalue weighted by molar-refractivity contribution is -0.133. The molecule has 0 radical (unpaired) electrons. The molecule has 86 valence electrons. The van der Waals surface area contributed by atoms with Gasteiger partial charge >= 0.3 is 0 Å². The minimum Gasteiger partial charge on any atom is -0.338 e. The smallest absolute Gasteiger partial charge is 0.223 e. The summed E-state index contributed by atoms with van der Waals surface area (Å²) < 4.78 is 0. The van der Waals surface area contributed by atoms with Crippen LogP contribution >= 0.6 is 24.4 Å². The molecule has 1 aliphatic heterocycles. The van der Waals surface area contributed by atoms with Gasteiger partial charge in [-0.05, 0) is 30.9 Å². The molecule has 4 heteroatoms. The van der Waals surface area contributed by atoms with Crippen LogP contribution in [0.2, 0.25) is 0 Å². The summed E-state index contributed by atoms with van der Waals surface area (Å²) in [5.41, 5.74) is 0.268. The third-order valence-corrected chi connectivity index (χ3v) is 5.37. The van der Waals surface area contributed by atoms with Gasteiger partial charge in [-0.1, -0.05) is 0 Å². The Bertz CT molecular complexity index is 253. The quantitative estimate of drug-likeness (QED) is 0.768. The van der Waals surface area contributed by atoms with E-state index in [0.717, 1.165) is 30.2 Å². The molecule has 1 aliphatic carbocycles. The number of hydrogen-bond donors (Lipinski definition) is 1. The van der Waals surface area contributed by atoms with E-state index >= 15 is 0 Å². The van der Waals surface area contributed by atoms with Gasteiger partial charge in [-0.15, -0.1) is 0 Å². The van der Waals surface area contributed by atoms with Crippen LogP contribution in [-0.2, 0) is 4.79 Å². The maximum absolute atomic E-state index is 12.1. The van der Waals surface area contributed by atoms with Gasteiger partial charge in [0, 0.05) is 30.5 Å².